The normalized spacial score (nSPS) is 25.7. The number of benzene rings is 3. The molecule has 1 fully saturated rings. The van der Waals surface area contributed by atoms with E-state index in [1.807, 2.05) is 0 Å². The number of fused-ring (bicyclic) bond motifs is 2. The molecule has 1 spiro atoms. The van der Waals surface area contributed by atoms with Crippen LogP contribution in [-0.2, 0) is 12.0 Å². The molecule has 5 rings (SSSR count). The van der Waals surface area contributed by atoms with Gasteiger partial charge in [-0.3, -0.25) is 4.90 Å². The van der Waals surface area contributed by atoms with Crippen molar-refractivity contribution in [2.45, 2.75) is 24.9 Å². The summed E-state index contributed by atoms with van der Waals surface area (Å²) in [6.45, 7) is 9.47. The van der Waals surface area contributed by atoms with Crippen LogP contribution in [0.3, 0.4) is 0 Å². The van der Waals surface area contributed by atoms with Gasteiger partial charge in [-0.2, -0.15) is 0 Å². The van der Waals surface area contributed by atoms with Crippen molar-refractivity contribution in [3.8, 4) is 0 Å². The van der Waals surface area contributed by atoms with Gasteiger partial charge in [-0.25, -0.2) is 0 Å². The lowest BCUT2D eigenvalue weighted by Gasteiger charge is -2.36. The summed E-state index contributed by atoms with van der Waals surface area (Å²) in [5, 5.41) is 3.88. The van der Waals surface area contributed by atoms with Crippen LogP contribution in [0.1, 0.15) is 28.3 Å². The Morgan fingerprint density at radius 1 is 1.00 bits per heavy atom. The van der Waals surface area contributed by atoms with E-state index >= 15 is 0 Å². The fourth-order valence-electron chi connectivity index (χ4n) is 5.42. The van der Waals surface area contributed by atoms with Crippen LogP contribution >= 0.6 is 0 Å². The fourth-order valence-corrected chi connectivity index (χ4v) is 5.42. The van der Waals surface area contributed by atoms with Crippen molar-refractivity contribution in [2.24, 2.45) is 5.92 Å². The molecule has 2 nitrogen and oxygen atoms in total. The third-order valence-electron chi connectivity index (χ3n) is 6.79. The number of hydrogen-bond donors (Lipinski definition) is 1. The van der Waals surface area contributed by atoms with Gasteiger partial charge in [-0.15, -0.1) is 6.58 Å². The molecule has 2 heteroatoms. The van der Waals surface area contributed by atoms with Gasteiger partial charge in [0.25, 0.3) is 0 Å². The first kappa shape index (κ1) is 18.2. The van der Waals surface area contributed by atoms with Gasteiger partial charge in [0.15, 0.2) is 0 Å². The maximum Gasteiger partial charge on any atom is 0.0629 e. The first-order valence-electron chi connectivity index (χ1n) is 10.5. The largest absolute Gasteiger partial charge is 0.377 e. The molecule has 1 N–H and O–H groups in total. The first-order chi connectivity index (χ1) is 14.2. The summed E-state index contributed by atoms with van der Waals surface area (Å²) in [6, 6.07) is 29.0. The summed E-state index contributed by atoms with van der Waals surface area (Å²) in [5.41, 5.74) is 6.74. The van der Waals surface area contributed by atoms with Crippen LogP contribution in [-0.4, -0.2) is 18.0 Å². The van der Waals surface area contributed by atoms with E-state index in [-0.39, 0.29) is 11.5 Å². The van der Waals surface area contributed by atoms with E-state index < -0.39 is 0 Å². The van der Waals surface area contributed by atoms with Gasteiger partial charge in [-0.1, -0.05) is 84.4 Å². The second kappa shape index (κ2) is 7.20. The fraction of sp³-hybridized carbons (Fsp3) is 0.259. The Labute approximate surface area is 173 Å². The predicted octanol–water partition coefficient (Wildman–Crippen LogP) is 5.72. The lowest BCUT2D eigenvalue weighted by Crippen LogP contribution is -2.39. The van der Waals surface area contributed by atoms with E-state index in [9.17, 15) is 0 Å². The van der Waals surface area contributed by atoms with Gasteiger partial charge >= 0.3 is 0 Å². The van der Waals surface area contributed by atoms with Crippen LogP contribution in [0, 0.1) is 12.8 Å². The summed E-state index contributed by atoms with van der Waals surface area (Å²) < 4.78 is 0. The number of anilines is 1. The summed E-state index contributed by atoms with van der Waals surface area (Å²) >= 11 is 0. The van der Waals surface area contributed by atoms with E-state index in [1.165, 1.54) is 27.9 Å². The van der Waals surface area contributed by atoms with E-state index in [0.717, 1.165) is 19.6 Å². The minimum atomic E-state index is 0.00236. The quantitative estimate of drug-likeness (QED) is 0.583. The smallest absolute Gasteiger partial charge is 0.0629 e. The molecular weight excluding hydrogens is 352 g/mol. The first-order valence-corrected chi connectivity index (χ1v) is 10.5. The third kappa shape index (κ3) is 2.99. The minimum Gasteiger partial charge on any atom is -0.377 e. The number of nitrogens with one attached hydrogen (secondary N) is 1. The molecule has 0 radical (unpaired) electrons. The SMILES string of the molecule is C=C[C@H]1CN(Cc2ccccc2)C[C@]12c1ccccc1N[C@H]2c1ccc(C)cc1. The van der Waals surface area contributed by atoms with Gasteiger partial charge in [-0.05, 0) is 29.7 Å². The average Bonchev–Trinajstić information content (AvgIpc) is 3.28. The van der Waals surface area contributed by atoms with Crippen LogP contribution in [0.25, 0.3) is 0 Å². The molecule has 2 aliphatic heterocycles. The molecule has 146 valence electrons. The second-order valence-corrected chi connectivity index (χ2v) is 8.57. The summed E-state index contributed by atoms with van der Waals surface area (Å²) in [7, 11) is 0. The van der Waals surface area contributed by atoms with Crippen LogP contribution < -0.4 is 5.32 Å². The molecule has 29 heavy (non-hydrogen) atoms. The topological polar surface area (TPSA) is 15.3 Å². The highest BCUT2D eigenvalue weighted by molar-refractivity contribution is 5.65. The zero-order valence-electron chi connectivity index (χ0n) is 17.0. The second-order valence-electron chi connectivity index (χ2n) is 8.57. The van der Waals surface area contributed by atoms with Gasteiger partial charge < -0.3 is 5.32 Å². The molecule has 0 saturated carbocycles. The van der Waals surface area contributed by atoms with Gasteiger partial charge in [0.1, 0.15) is 0 Å². The highest BCUT2D eigenvalue weighted by Crippen LogP contribution is 2.56. The van der Waals surface area contributed by atoms with Crippen molar-refractivity contribution in [2.75, 3.05) is 18.4 Å². The Kier molecular flexibility index (Phi) is 4.52. The lowest BCUT2D eigenvalue weighted by atomic mass is 9.67. The Bertz CT molecular complexity index is 1010. The monoisotopic (exact) mass is 380 g/mol. The third-order valence-corrected chi connectivity index (χ3v) is 6.79. The van der Waals surface area contributed by atoms with Crippen LogP contribution in [0.5, 0.6) is 0 Å². The number of hydrogen-bond acceptors (Lipinski definition) is 2. The van der Waals surface area contributed by atoms with Crippen molar-refractivity contribution in [1.82, 2.24) is 4.90 Å². The standard InChI is InChI=1S/C27H28N2/c1-3-23-18-29(17-21-9-5-4-6-10-21)19-27(23)24-11-7-8-12-25(24)28-26(27)22-15-13-20(2)14-16-22/h3-16,23,26,28H,1,17-19H2,2H3/t23-,26-,27+/m0/s1. The zero-order chi connectivity index (χ0) is 19.8. The molecule has 2 aliphatic rings. The molecule has 0 bridgehead atoms. The minimum absolute atomic E-state index is 0.00236. The van der Waals surface area contributed by atoms with Gasteiger partial charge in [0, 0.05) is 36.7 Å². The van der Waals surface area contributed by atoms with E-state index in [2.05, 4.69) is 109 Å². The number of aryl methyl sites for hydroxylation is 1. The Balaban J connectivity index is 1.57. The zero-order valence-corrected chi connectivity index (χ0v) is 17.0. The van der Waals surface area contributed by atoms with Crippen molar-refractivity contribution in [3.05, 3.63) is 114 Å². The Morgan fingerprint density at radius 3 is 2.48 bits per heavy atom. The highest BCUT2D eigenvalue weighted by Gasteiger charge is 2.56. The summed E-state index contributed by atoms with van der Waals surface area (Å²) in [5.74, 6) is 0.397. The number of para-hydroxylation sites is 1. The summed E-state index contributed by atoms with van der Waals surface area (Å²) in [4.78, 5) is 2.60. The van der Waals surface area contributed by atoms with Crippen LogP contribution in [0.15, 0.2) is 91.5 Å². The van der Waals surface area contributed by atoms with E-state index in [0.29, 0.717) is 5.92 Å². The molecule has 0 aliphatic carbocycles. The maximum absolute atomic E-state index is 4.26. The Morgan fingerprint density at radius 2 is 1.72 bits per heavy atom. The molecule has 0 unspecified atom stereocenters. The molecule has 2 heterocycles. The van der Waals surface area contributed by atoms with Gasteiger partial charge in [0.05, 0.1) is 6.04 Å². The molecule has 3 aromatic rings. The van der Waals surface area contributed by atoms with Gasteiger partial charge in [0.2, 0.25) is 0 Å². The lowest BCUT2D eigenvalue weighted by molar-refractivity contribution is 0.292. The van der Waals surface area contributed by atoms with Crippen molar-refractivity contribution in [3.63, 3.8) is 0 Å². The van der Waals surface area contributed by atoms with E-state index in [1.54, 1.807) is 0 Å². The highest BCUT2D eigenvalue weighted by atomic mass is 15.2. The number of rotatable bonds is 4. The molecule has 1 saturated heterocycles. The molecule has 3 aromatic carbocycles. The number of likely N-dealkylation sites (tertiary alicyclic amines) is 1. The molecule has 0 aromatic heterocycles. The summed E-state index contributed by atoms with van der Waals surface area (Å²) in [6.07, 6.45) is 2.19. The average molecular weight is 381 g/mol. The maximum atomic E-state index is 4.26. The van der Waals surface area contributed by atoms with E-state index in [4.69, 9.17) is 0 Å². The van der Waals surface area contributed by atoms with Crippen LogP contribution in [0.4, 0.5) is 5.69 Å². The van der Waals surface area contributed by atoms with Crippen molar-refractivity contribution < 1.29 is 0 Å². The molecular formula is C27H28N2. The van der Waals surface area contributed by atoms with Crippen molar-refractivity contribution >= 4 is 5.69 Å². The van der Waals surface area contributed by atoms with Crippen molar-refractivity contribution in [1.29, 1.82) is 0 Å². The molecule has 3 atom stereocenters. The Hall–Kier alpha value is -2.84. The number of nitrogens with zero attached hydrogens (tertiary/aromatic N) is 1. The van der Waals surface area contributed by atoms with Crippen LogP contribution in [0.2, 0.25) is 0 Å². The predicted molar refractivity (Wildman–Crippen MR) is 121 cm³/mol. The molecule has 0 amide bonds.